The van der Waals surface area contributed by atoms with Crippen molar-refractivity contribution < 1.29 is 0 Å². The van der Waals surface area contributed by atoms with Gasteiger partial charge in [-0.1, -0.05) is 0 Å². The Morgan fingerprint density at radius 2 is 1.62 bits per heavy atom. The molecule has 0 amide bonds. The summed E-state index contributed by atoms with van der Waals surface area (Å²) in [6.45, 7) is 2.25. The summed E-state index contributed by atoms with van der Waals surface area (Å²) in [5.74, 6) is 0.417. The molecule has 0 saturated carbocycles. The average Bonchev–Trinajstić information content (AvgIpc) is 3.13. The zero-order chi connectivity index (χ0) is 16.4. The van der Waals surface area contributed by atoms with Crippen LogP contribution < -0.4 is 5.32 Å². The van der Waals surface area contributed by atoms with E-state index in [1.165, 1.54) is 21.3 Å². The summed E-state index contributed by atoms with van der Waals surface area (Å²) in [5.41, 5.74) is 3.91. The molecule has 3 atom stereocenters. The summed E-state index contributed by atoms with van der Waals surface area (Å²) in [5, 5.41) is 8.53. The Morgan fingerprint density at radius 3 is 2.29 bits per heavy atom. The van der Waals surface area contributed by atoms with Gasteiger partial charge in [0.25, 0.3) is 0 Å². The second kappa shape index (κ2) is 7.02. The van der Waals surface area contributed by atoms with Crippen molar-refractivity contribution in [1.82, 2.24) is 14.5 Å². The first-order chi connectivity index (χ1) is 11.9. The van der Waals surface area contributed by atoms with E-state index >= 15 is 0 Å². The number of nitrogens with one attached hydrogen (secondary N) is 1. The third-order valence-corrected chi connectivity index (χ3v) is 6.48. The van der Waals surface area contributed by atoms with Crippen LogP contribution in [0.2, 0.25) is 0 Å². The second-order valence-electron chi connectivity index (χ2n) is 6.32. The Kier molecular flexibility index (Phi) is 4.61. The van der Waals surface area contributed by atoms with Gasteiger partial charge in [-0.2, -0.15) is 0 Å². The molecule has 2 heterocycles. The van der Waals surface area contributed by atoms with Gasteiger partial charge in [0.1, 0.15) is 0 Å². The summed E-state index contributed by atoms with van der Waals surface area (Å²) in [6, 6.07) is 22.0. The van der Waals surface area contributed by atoms with Crippen molar-refractivity contribution >= 4 is 14.7 Å². The Balaban J connectivity index is 1.80. The van der Waals surface area contributed by atoms with Crippen LogP contribution in [0.3, 0.4) is 0 Å². The maximum absolute atomic E-state index is 4.60. The van der Waals surface area contributed by atoms with E-state index < -0.39 is 0 Å². The molecular formula is C20H21N3Se. The van der Waals surface area contributed by atoms with Crippen molar-refractivity contribution in [2.24, 2.45) is 0 Å². The van der Waals surface area contributed by atoms with Crippen LogP contribution in [0, 0.1) is 0 Å². The van der Waals surface area contributed by atoms with E-state index in [-0.39, 0.29) is 20.8 Å². The van der Waals surface area contributed by atoms with Crippen molar-refractivity contribution in [3.8, 4) is 0 Å². The standard InChI is InChI=1S/C20H21N3Se/c1-2-9-16-17(14-10-5-3-6-11-14)21-18(15-12-7-4-8-13-15)20-19(16)22-23-24-20/h3-8,10-13,16-18,21H,2,9H2,1H3. The molecule has 3 unspecified atom stereocenters. The molecule has 122 valence electrons. The van der Waals surface area contributed by atoms with Crippen molar-refractivity contribution in [1.29, 1.82) is 0 Å². The summed E-state index contributed by atoms with van der Waals surface area (Å²) in [4.78, 5) is 0. The summed E-state index contributed by atoms with van der Waals surface area (Å²) in [7, 11) is 0. The molecule has 0 spiro atoms. The van der Waals surface area contributed by atoms with E-state index in [0.29, 0.717) is 12.0 Å². The first-order valence-corrected chi connectivity index (χ1v) is 10.2. The zero-order valence-electron chi connectivity index (χ0n) is 13.7. The third kappa shape index (κ3) is 2.86. The molecule has 1 aliphatic heterocycles. The molecule has 0 saturated heterocycles. The third-order valence-electron chi connectivity index (χ3n) is 4.79. The van der Waals surface area contributed by atoms with Crippen molar-refractivity contribution in [3.63, 3.8) is 0 Å². The second-order valence-corrected chi connectivity index (χ2v) is 7.96. The van der Waals surface area contributed by atoms with Gasteiger partial charge in [-0.25, -0.2) is 0 Å². The van der Waals surface area contributed by atoms with Crippen LogP contribution in [0.1, 0.15) is 59.0 Å². The molecule has 0 fully saturated rings. The van der Waals surface area contributed by atoms with Gasteiger partial charge in [0.2, 0.25) is 0 Å². The van der Waals surface area contributed by atoms with Crippen LogP contribution in [0.4, 0.5) is 0 Å². The van der Waals surface area contributed by atoms with E-state index in [9.17, 15) is 0 Å². The predicted molar refractivity (Wildman–Crippen MR) is 97.2 cm³/mol. The first kappa shape index (κ1) is 15.8. The SMILES string of the molecule is CCCC1c2nn[se]c2C(c2ccccc2)NC1c1ccccc1. The Hall–Kier alpha value is -1.74. The van der Waals surface area contributed by atoms with Crippen LogP contribution in [0.5, 0.6) is 0 Å². The molecule has 1 N–H and O–H groups in total. The Morgan fingerprint density at radius 1 is 0.958 bits per heavy atom. The fourth-order valence-corrected chi connectivity index (χ4v) is 5.39. The van der Waals surface area contributed by atoms with Crippen LogP contribution in [0.25, 0.3) is 0 Å². The summed E-state index contributed by atoms with van der Waals surface area (Å²) < 4.78 is 5.85. The van der Waals surface area contributed by atoms with Gasteiger partial charge >= 0.3 is 149 Å². The minimum atomic E-state index is 0.122. The molecule has 2 aromatic carbocycles. The fourth-order valence-electron chi connectivity index (χ4n) is 3.69. The van der Waals surface area contributed by atoms with E-state index in [1.54, 1.807) is 0 Å². The predicted octanol–water partition coefficient (Wildman–Crippen LogP) is 3.85. The number of rotatable bonds is 4. The number of fused-ring (bicyclic) bond motifs is 1. The van der Waals surface area contributed by atoms with Gasteiger partial charge in [-0.3, -0.25) is 0 Å². The van der Waals surface area contributed by atoms with Crippen LogP contribution in [-0.2, 0) is 0 Å². The molecule has 24 heavy (non-hydrogen) atoms. The quantitative estimate of drug-likeness (QED) is 0.697. The molecule has 1 aromatic heterocycles. The molecule has 4 heteroatoms. The number of hydrogen-bond donors (Lipinski definition) is 1. The number of aromatic nitrogens is 2. The summed E-state index contributed by atoms with van der Waals surface area (Å²) in [6.07, 6.45) is 2.30. The van der Waals surface area contributed by atoms with Crippen LogP contribution in [0.15, 0.2) is 60.7 Å². The molecule has 3 aromatic rings. The molecule has 1 aliphatic rings. The van der Waals surface area contributed by atoms with Crippen LogP contribution in [-0.4, -0.2) is 23.9 Å². The van der Waals surface area contributed by atoms with E-state index in [2.05, 4.69) is 82.1 Å². The molecular weight excluding hydrogens is 361 g/mol. The molecule has 4 rings (SSSR count). The Bertz CT molecular complexity index is 785. The summed E-state index contributed by atoms with van der Waals surface area (Å²) >= 11 is 0.122. The van der Waals surface area contributed by atoms with Gasteiger partial charge in [0.15, 0.2) is 0 Å². The van der Waals surface area contributed by atoms with Gasteiger partial charge in [0.05, 0.1) is 0 Å². The number of hydrogen-bond acceptors (Lipinski definition) is 3. The Labute approximate surface area is 149 Å². The molecule has 0 radical (unpaired) electrons. The van der Waals surface area contributed by atoms with Gasteiger partial charge in [0, 0.05) is 0 Å². The maximum atomic E-state index is 4.60. The van der Waals surface area contributed by atoms with Crippen molar-refractivity contribution in [2.75, 3.05) is 0 Å². The van der Waals surface area contributed by atoms with Gasteiger partial charge in [-0.05, 0) is 0 Å². The monoisotopic (exact) mass is 383 g/mol. The van der Waals surface area contributed by atoms with E-state index in [1.807, 2.05) is 0 Å². The minimum absolute atomic E-state index is 0.122. The molecule has 3 nitrogen and oxygen atoms in total. The van der Waals surface area contributed by atoms with Crippen molar-refractivity contribution in [3.05, 3.63) is 81.9 Å². The van der Waals surface area contributed by atoms with E-state index in [0.717, 1.165) is 12.8 Å². The number of nitrogens with zero attached hydrogens (tertiary/aromatic N) is 2. The van der Waals surface area contributed by atoms with E-state index in [4.69, 9.17) is 0 Å². The van der Waals surface area contributed by atoms with Crippen molar-refractivity contribution in [2.45, 2.75) is 37.8 Å². The average molecular weight is 382 g/mol. The van der Waals surface area contributed by atoms with Crippen LogP contribution >= 0.6 is 0 Å². The topological polar surface area (TPSA) is 37.8 Å². The zero-order valence-corrected chi connectivity index (χ0v) is 15.4. The van der Waals surface area contributed by atoms with Gasteiger partial charge < -0.3 is 0 Å². The first-order valence-electron chi connectivity index (χ1n) is 8.56. The van der Waals surface area contributed by atoms with Gasteiger partial charge in [-0.15, -0.1) is 0 Å². The molecule has 0 aliphatic carbocycles. The normalized spacial score (nSPS) is 23.0. The fraction of sp³-hybridized carbons (Fsp3) is 0.300. The number of benzene rings is 2. The molecule has 0 bridgehead atoms.